The van der Waals surface area contributed by atoms with E-state index in [0.29, 0.717) is 0 Å². The number of aromatic amines is 1. The van der Waals surface area contributed by atoms with E-state index in [2.05, 4.69) is 10.3 Å². The van der Waals surface area contributed by atoms with Crippen LogP contribution in [0.2, 0.25) is 0 Å². The predicted molar refractivity (Wildman–Crippen MR) is 67.8 cm³/mol. The molecule has 0 atom stereocenters. The molecule has 1 aromatic heterocycles. The average molecular weight is 276 g/mol. The maximum atomic E-state index is 11.8. The van der Waals surface area contributed by atoms with E-state index in [1.807, 2.05) is 0 Å². The van der Waals surface area contributed by atoms with E-state index in [-0.39, 0.29) is 22.3 Å². The Hall–Kier alpha value is -3.16. The lowest BCUT2D eigenvalue weighted by Gasteiger charge is -2.05. The van der Waals surface area contributed by atoms with Crippen molar-refractivity contribution in [2.24, 2.45) is 0 Å². The number of hydrogen-bond donors (Lipinski definition) is 4. The summed E-state index contributed by atoms with van der Waals surface area (Å²) in [6.07, 6.45) is 0. The molecule has 4 N–H and O–H groups in total. The Morgan fingerprint density at radius 3 is 2.40 bits per heavy atom. The summed E-state index contributed by atoms with van der Waals surface area (Å²) in [7, 11) is 0. The number of aromatic carboxylic acids is 1. The zero-order valence-electron chi connectivity index (χ0n) is 9.84. The molecule has 102 valence electrons. The summed E-state index contributed by atoms with van der Waals surface area (Å²) in [4.78, 5) is 46.5. The van der Waals surface area contributed by atoms with Gasteiger partial charge in [0.25, 0.3) is 0 Å². The average Bonchev–Trinajstić information content (AvgIpc) is 2.38. The topological polar surface area (TPSA) is 137 Å². The minimum atomic E-state index is -1.65. The molecule has 0 aliphatic rings. The van der Waals surface area contributed by atoms with Gasteiger partial charge in [-0.2, -0.15) is 0 Å². The Morgan fingerprint density at radius 2 is 1.80 bits per heavy atom. The number of fused-ring (bicyclic) bond motifs is 1. The lowest BCUT2D eigenvalue weighted by Crippen LogP contribution is -2.21. The van der Waals surface area contributed by atoms with E-state index >= 15 is 0 Å². The van der Waals surface area contributed by atoms with E-state index in [4.69, 9.17) is 10.2 Å². The van der Waals surface area contributed by atoms with Crippen LogP contribution in [0.4, 0.5) is 5.69 Å². The van der Waals surface area contributed by atoms with Crippen LogP contribution in [0.3, 0.4) is 0 Å². The zero-order chi connectivity index (χ0) is 14.9. The van der Waals surface area contributed by atoms with Crippen LogP contribution >= 0.6 is 0 Å². The Balaban J connectivity index is 2.50. The Bertz CT molecular complexity index is 792. The summed E-state index contributed by atoms with van der Waals surface area (Å²) in [5, 5.41) is 19.5. The first-order valence-electron chi connectivity index (χ1n) is 5.33. The van der Waals surface area contributed by atoms with Gasteiger partial charge in [-0.1, -0.05) is 0 Å². The van der Waals surface area contributed by atoms with Crippen molar-refractivity contribution in [1.29, 1.82) is 0 Å². The number of benzene rings is 1. The number of carboxylic acid groups (broad SMARTS) is 2. The molecule has 2 aromatic rings. The number of H-pyrrole nitrogens is 1. The predicted octanol–water partition coefficient (Wildman–Crippen LogP) is 0.249. The standard InChI is InChI=1S/C12H8N2O6/c15-9-4-8(11(17)18)14-7-2-1-5(3-6(7)9)13-10(16)12(19)20/h1-4H,(H,13,16)(H,14,15)(H,17,18)(H,19,20). The Labute approximate surface area is 110 Å². The van der Waals surface area contributed by atoms with Crippen molar-refractivity contribution < 1.29 is 24.6 Å². The van der Waals surface area contributed by atoms with E-state index in [9.17, 15) is 19.2 Å². The van der Waals surface area contributed by atoms with Crippen molar-refractivity contribution in [3.8, 4) is 0 Å². The van der Waals surface area contributed by atoms with Crippen LogP contribution in [0.5, 0.6) is 0 Å². The SMILES string of the molecule is O=C(O)C(=O)Nc1ccc2[nH]c(C(=O)O)cc(=O)c2c1. The molecule has 0 unspecified atom stereocenters. The summed E-state index contributed by atoms with van der Waals surface area (Å²) in [6, 6.07) is 4.90. The maximum absolute atomic E-state index is 11.8. The Kier molecular flexibility index (Phi) is 3.21. The highest BCUT2D eigenvalue weighted by Crippen LogP contribution is 2.15. The highest BCUT2D eigenvalue weighted by Gasteiger charge is 2.12. The second kappa shape index (κ2) is 4.84. The molecule has 1 amide bonds. The van der Waals surface area contributed by atoms with Crippen LogP contribution in [0, 0.1) is 0 Å². The summed E-state index contributed by atoms with van der Waals surface area (Å²) in [6.45, 7) is 0. The second-order valence-electron chi connectivity index (χ2n) is 3.87. The normalized spacial score (nSPS) is 10.2. The molecule has 0 spiro atoms. The summed E-state index contributed by atoms with van der Waals surface area (Å²) < 4.78 is 0. The fourth-order valence-electron chi connectivity index (χ4n) is 1.62. The van der Waals surface area contributed by atoms with Crippen LogP contribution in [0.1, 0.15) is 10.5 Å². The summed E-state index contributed by atoms with van der Waals surface area (Å²) in [5.74, 6) is -4.16. The zero-order valence-corrected chi connectivity index (χ0v) is 9.84. The van der Waals surface area contributed by atoms with Gasteiger partial charge in [-0.25, -0.2) is 9.59 Å². The fraction of sp³-hybridized carbons (Fsp3) is 0. The minimum absolute atomic E-state index is 0.124. The van der Waals surface area contributed by atoms with E-state index < -0.39 is 23.3 Å². The number of aromatic nitrogens is 1. The molecular weight excluding hydrogens is 268 g/mol. The van der Waals surface area contributed by atoms with Crippen molar-refractivity contribution in [3.63, 3.8) is 0 Å². The monoisotopic (exact) mass is 276 g/mol. The van der Waals surface area contributed by atoms with Gasteiger partial charge >= 0.3 is 17.8 Å². The van der Waals surface area contributed by atoms with Gasteiger partial charge in [0, 0.05) is 17.1 Å². The van der Waals surface area contributed by atoms with Crippen molar-refractivity contribution >= 4 is 34.4 Å². The molecular formula is C12H8N2O6. The largest absolute Gasteiger partial charge is 0.477 e. The lowest BCUT2D eigenvalue weighted by molar-refractivity contribution is -0.147. The number of amides is 1. The van der Waals surface area contributed by atoms with E-state index in [0.717, 1.165) is 6.07 Å². The molecule has 1 aromatic carbocycles. The van der Waals surface area contributed by atoms with Crippen molar-refractivity contribution in [2.45, 2.75) is 0 Å². The summed E-state index contributed by atoms with van der Waals surface area (Å²) in [5.41, 5.74) is -0.422. The highest BCUT2D eigenvalue weighted by molar-refractivity contribution is 6.36. The molecule has 0 radical (unpaired) electrons. The van der Waals surface area contributed by atoms with Crippen molar-refractivity contribution in [1.82, 2.24) is 4.98 Å². The number of hydrogen-bond acceptors (Lipinski definition) is 4. The number of aliphatic carboxylic acids is 1. The molecule has 0 aliphatic carbocycles. The van der Waals surface area contributed by atoms with Gasteiger partial charge in [-0.05, 0) is 18.2 Å². The number of nitrogens with one attached hydrogen (secondary N) is 2. The third kappa shape index (κ3) is 2.48. The first-order valence-corrected chi connectivity index (χ1v) is 5.33. The molecule has 0 aliphatic heterocycles. The number of carbonyl (C=O) groups is 3. The van der Waals surface area contributed by atoms with Crippen molar-refractivity contribution in [2.75, 3.05) is 5.32 Å². The van der Waals surface area contributed by atoms with Gasteiger partial charge < -0.3 is 20.5 Å². The molecule has 0 fully saturated rings. The van der Waals surface area contributed by atoms with E-state index in [1.165, 1.54) is 18.2 Å². The number of pyridine rings is 1. The quantitative estimate of drug-likeness (QED) is 0.580. The minimum Gasteiger partial charge on any atom is -0.477 e. The molecule has 8 heteroatoms. The van der Waals surface area contributed by atoms with Crippen LogP contribution in [-0.4, -0.2) is 33.0 Å². The van der Waals surface area contributed by atoms with Gasteiger partial charge in [0.2, 0.25) is 0 Å². The molecule has 0 bridgehead atoms. The van der Waals surface area contributed by atoms with Crippen LogP contribution in [0.25, 0.3) is 10.9 Å². The maximum Gasteiger partial charge on any atom is 0.394 e. The second-order valence-corrected chi connectivity index (χ2v) is 3.87. The first-order chi connectivity index (χ1) is 9.38. The van der Waals surface area contributed by atoms with Gasteiger partial charge in [-0.3, -0.25) is 9.59 Å². The molecule has 20 heavy (non-hydrogen) atoms. The smallest absolute Gasteiger partial charge is 0.394 e. The molecule has 8 nitrogen and oxygen atoms in total. The number of anilines is 1. The third-order valence-electron chi connectivity index (χ3n) is 2.51. The molecule has 0 saturated carbocycles. The van der Waals surface area contributed by atoms with E-state index in [1.54, 1.807) is 0 Å². The Morgan fingerprint density at radius 1 is 1.10 bits per heavy atom. The molecule has 0 saturated heterocycles. The number of carbonyl (C=O) groups excluding carboxylic acids is 1. The van der Waals surface area contributed by atoms with Gasteiger partial charge in [0.15, 0.2) is 5.43 Å². The van der Waals surface area contributed by atoms with Gasteiger partial charge in [-0.15, -0.1) is 0 Å². The van der Waals surface area contributed by atoms with Gasteiger partial charge in [0.05, 0.1) is 5.52 Å². The highest BCUT2D eigenvalue weighted by atomic mass is 16.4. The van der Waals surface area contributed by atoms with Crippen LogP contribution < -0.4 is 10.7 Å². The summed E-state index contributed by atoms with van der Waals surface area (Å²) >= 11 is 0. The molecule has 1 heterocycles. The number of carboxylic acids is 2. The number of rotatable bonds is 2. The van der Waals surface area contributed by atoms with Gasteiger partial charge in [0.1, 0.15) is 5.69 Å². The van der Waals surface area contributed by atoms with Crippen LogP contribution in [0.15, 0.2) is 29.1 Å². The van der Waals surface area contributed by atoms with Crippen molar-refractivity contribution in [3.05, 3.63) is 40.2 Å². The third-order valence-corrected chi connectivity index (χ3v) is 2.51. The molecule has 2 rings (SSSR count). The fourth-order valence-corrected chi connectivity index (χ4v) is 1.62. The first kappa shape index (κ1) is 13.3. The lowest BCUT2D eigenvalue weighted by atomic mass is 10.1. The van der Waals surface area contributed by atoms with Crippen LogP contribution in [-0.2, 0) is 9.59 Å².